The number of hydrogen-bond donors (Lipinski definition) is 0. The number of carbonyl (C=O) groups excluding carboxylic acids is 1. The second kappa shape index (κ2) is 11.2. The number of hydrogen-bond acceptors (Lipinski definition) is 5. The molecule has 0 saturated carbocycles. The lowest BCUT2D eigenvalue weighted by molar-refractivity contribution is 0.0774. The van der Waals surface area contributed by atoms with Crippen molar-refractivity contribution in [3.63, 3.8) is 0 Å². The Hall–Kier alpha value is -4.84. The zero-order valence-electron chi connectivity index (χ0n) is 23.6. The van der Waals surface area contributed by atoms with Crippen LogP contribution in [0.4, 0.5) is 5.69 Å². The topological polar surface area (TPSA) is 60.4 Å². The van der Waals surface area contributed by atoms with Gasteiger partial charge >= 0.3 is 0 Å². The van der Waals surface area contributed by atoms with Crippen LogP contribution < -0.4 is 14.2 Å². The fourth-order valence-corrected chi connectivity index (χ4v) is 6.08. The Morgan fingerprint density at radius 3 is 2.40 bits per heavy atom. The van der Waals surface area contributed by atoms with Crippen molar-refractivity contribution in [2.45, 2.75) is 25.3 Å². The van der Waals surface area contributed by atoms with Crippen molar-refractivity contribution in [2.24, 2.45) is 4.99 Å². The molecule has 0 N–H and O–H groups in total. The minimum atomic E-state index is 0.00284. The molecular weight excluding hydrogens is 524 g/mol. The Morgan fingerprint density at radius 2 is 1.57 bits per heavy atom. The van der Waals surface area contributed by atoms with Gasteiger partial charge in [-0.05, 0) is 69.8 Å². The molecule has 0 bridgehead atoms. The number of nitrogens with zero attached hydrogens (tertiary/aromatic N) is 2. The van der Waals surface area contributed by atoms with Crippen molar-refractivity contribution in [1.29, 1.82) is 0 Å². The average Bonchev–Trinajstić information content (AvgIpc) is 3.47. The van der Waals surface area contributed by atoms with Gasteiger partial charge in [-0.1, -0.05) is 60.7 Å². The summed E-state index contributed by atoms with van der Waals surface area (Å²) >= 11 is 0. The van der Waals surface area contributed by atoms with E-state index in [1.807, 2.05) is 23.2 Å². The Bertz CT molecular complexity index is 1810. The molecule has 2 aliphatic rings. The SMILES string of the molecule is COc1cc2c(cc1OCCCOc1ccc(-c3cc4ccccc4c4ccccc34)cc1)N=C[C@@H]1CCCN1C2=O. The zero-order valence-corrected chi connectivity index (χ0v) is 23.6. The minimum absolute atomic E-state index is 0.00284. The zero-order chi connectivity index (χ0) is 28.5. The maximum atomic E-state index is 13.1. The van der Waals surface area contributed by atoms with Crippen LogP contribution in [0, 0.1) is 0 Å². The van der Waals surface area contributed by atoms with Gasteiger partial charge in [-0.15, -0.1) is 0 Å². The van der Waals surface area contributed by atoms with Gasteiger partial charge in [0, 0.05) is 25.2 Å². The number of carbonyl (C=O) groups is 1. The molecule has 1 saturated heterocycles. The van der Waals surface area contributed by atoms with Crippen molar-refractivity contribution in [2.75, 3.05) is 26.9 Å². The van der Waals surface area contributed by atoms with E-state index in [-0.39, 0.29) is 11.9 Å². The molecule has 0 aliphatic carbocycles. The Morgan fingerprint density at radius 1 is 0.810 bits per heavy atom. The highest BCUT2D eigenvalue weighted by Crippen LogP contribution is 2.38. The summed E-state index contributed by atoms with van der Waals surface area (Å²) in [6.45, 7) is 1.72. The third-order valence-corrected chi connectivity index (χ3v) is 8.21. The first-order chi connectivity index (χ1) is 20.7. The van der Waals surface area contributed by atoms with Gasteiger partial charge in [0.1, 0.15) is 5.75 Å². The fraction of sp³-hybridized carbons (Fsp3) is 0.222. The summed E-state index contributed by atoms with van der Waals surface area (Å²) in [6, 6.07) is 31.3. The van der Waals surface area contributed by atoms with E-state index in [0.717, 1.165) is 30.7 Å². The molecule has 1 amide bonds. The summed E-state index contributed by atoms with van der Waals surface area (Å²) in [5, 5.41) is 5.00. The second-order valence-electron chi connectivity index (χ2n) is 10.8. The van der Waals surface area contributed by atoms with Crippen molar-refractivity contribution in [1.82, 2.24) is 4.90 Å². The Labute approximate surface area is 245 Å². The van der Waals surface area contributed by atoms with E-state index in [2.05, 4.69) is 71.7 Å². The first-order valence-electron chi connectivity index (χ1n) is 14.5. The van der Waals surface area contributed by atoms with Crippen LogP contribution in [0.2, 0.25) is 0 Å². The number of methoxy groups -OCH3 is 1. The van der Waals surface area contributed by atoms with Crippen LogP contribution in [0.1, 0.15) is 29.6 Å². The molecule has 0 radical (unpaired) electrons. The van der Waals surface area contributed by atoms with E-state index in [4.69, 9.17) is 14.2 Å². The lowest BCUT2D eigenvalue weighted by Crippen LogP contribution is -2.35. The third-order valence-electron chi connectivity index (χ3n) is 8.21. The summed E-state index contributed by atoms with van der Waals surface area (Å²) < 4.78 is 17.6. The number of benzene rings is 5. The number of fused-ring (bicyclic) bond motifs is 5. The number of amides is 1. The Balaban J connectivity index is 0.996. The summed E-state index contributed by atoms with van der Waals surface area (Å²) in [5.74, 6) is 1.94. The van der Waals surface area contributed by atoms with E-state index in [1.165, 1.54) is 27.1 Å². The molecule has 0 unspecified atom stereocenters. The molecule has 6 nitrogen and oxygen atoms in total. The van der Waals surface area contributed by atoms with Crippen LogP contribution in [0.15, 0.2) is 96.0 Å². The molecule has 1 atom stereocenters. The van der Waals surface area contributed by atoms with E-state index in [0.29, 0.717) is 42.4 Å². The molecule has 0 spiro atoms. The van der Waals surface area contributed by atoms with Gasteiger partial charge in [0.05, 0.1) is 37.6 Å². The van der Waals surface area contributed by atoms with Crippen molar-refractivity contribution >= 4 is 39.4 Å². The van der Waals surface area contributed by atoms with Gasteiger partial charge in [0.25, 0.3) is 5.91 Å². The summed E-state index contributed by atoms with van der Waals surface area (Å²) in [5.41, 5.74) is 3.55. The molecule has 210 valence electrons. The smallest absolute Gasteiger partial charge is 0.256 e. The summed E-state index contributed by atoms with van der Waals surface area (Å²) in [7, 11) is 1.59. The van der Waals surface area contributed by atoms with Gasteiger partial charge in [0.2, 0.25) is 0 Å². The maximum Gasteiger partial charge on any atom is 0.256 e. The first-order valence-corrected chi connectivity index (χ1v) is 14.5. The van der Waals surface area contributed by atoms with E-state index >= 15 is 0 Å². The van der Waals surface area contributed by atoms with Crippen LogP contribution in [0.3, 0.4) is 0 Å². The van der Waals surface area contributed by atoms with Gasteiger partial charge in [-0.2, -0.15) is 0 Å². The highest BCUT2D eigenvalue weighted by atomic mass is 16.5. The molecule has 42 heavy (non-hydrogen) atoms. The first kappa shape index (κ1) is 26.1. The van der Waals surface area contributed by atoms with Crippen molar-refractivity contribution < 1.29 is 19.0 Å². The summed E-state index contributed by atoms with van der Waals surface area (Å²) in [4.78, 5) is 19.6. The van der Waals surface area contributed by atoms with E-state index in [9.17, 15) is 4.79 Å². The number of aliphatic imine (C=N–C) groups is 1. The summed E-state index contributed by atoms with van der Waals surface area (Å²) in [6.07, 6.45) is 4.53. The molecular formula is C36H32N2O4. The van der Waals surface area contributed by atoms with Crippen LogP contribution in [0.25, 0.3) is 32.7 Å². The van der Waals surface area contributed by atoms with Gasteiger partial charge in [-0.3, -0.25) is 9.79 Å². The fourth-order valence-electron chi connectivity index (χ4n) is 6.08. The van der Waals surface area contributed by atoms with Crippen LogP contribution in [-0.2, 0) is 0 Å². The lowest BCUT2D eigenvalue weighted by atomic mass is 9.93. The minimum Gasteiger partial charge on any atom is -0.493 e. The van der Waals surface area contributed by atoms with E-state index < -0.39 is 0 Å². The highest BCUT2D eigenvalue weighted by Gasteiger charge is 2.32. The van der Waals surface area contributed by atoms with Crippen LogP contribution in [-0.4, -0.2) is 49.9 Å². The van der Waals surface area contributed by atoms with E-state index in [1.54, 1.807) is 19.2 Å². The maximum absolute atomic E-state index is 13.1. The average molecular weight is 557 g/mol. The molecule has 2 heterocycles. The molecule has 5 aromatic rings. The normalized spacial score (nSPS) is 15.9. The highest BCUT2D eigenvalue weighted by molar-refractivity contribution is 6.13. The van der Waals surface area contributed by atoms with Crippen molar-refractivity contribution in [3.8, 4) is 28.4 Å². The molecule has 1 fully saturated rings. The number of rotatable bonds is 8. The molecule has 5 aromatic carbocycles. The predicted octanol–water partition coefficient (Wildman–Crippen LogP) is 7.84. The monoisotopic (exact) mass is 556 g/mol. The molecule has 6 heteroatoms. The molecule has 7 rings (SSSR count). The third kappa shape index (κ3) is 4.83. The van der Waals surface area contributed by atoms with Gasteiger partial charge in [0.15, 0.2) is 11.5 Å². The number of ether oxygens (including phenoxy) is 3. The predicted molar refractivity (Wildman–Crippen MR) is 168 cm³/mol. The van der Waals surface area contributed by atoms with Crippen LogP contribution in [0.5, 0.6) is 17.2 Å². The largest absolute Gasteiger partial charge is 0.493 e. The molecule has 2 aliphatic heterocycles. The lowest BCUT2D eigenvalue weighted by Gasteiger charge is -2.20. The molecule has 0 aromatic heterocycles. The van der Waals surface area contributed by atoms with Crippen molar-refractivity contribution in [3.05, 3.63) is 96.6 Å². The standard InChI is InChI=1S/C36H32N2O4/c1-40-34-21-32-33(37-23-26-9-6-17-38(26)36(32)39)22-35(34)42-19-7-18-41-27-15-13-24(14-16-27)31-20-25-8-2-3-10-28(25)29-11-4-5-12-30(29)31/h2-5,8,10-16,20-23,26H,6-7,9,17-19H2,1H3/t26-/m0/s1. The van der Waals surface area contributed by atoms with Crippen LogP contribution >= 0.6 is 0 Å². The Kier molecular flexibility index (Phi) is 6.96. The van der Waals surface area contributed by atoms with Gasteiger partial charge < -0.3 is 19.1 Å². The second-order valence-corrected chi connectivity index (χ2v) is 10.8. The van der Waals surface area contributed by atoms with Gasteiger partial charge in [-0.25, -0.2) is 0 Å². The quantitative estimate of drug-likeness (QED) is 0.144.